The minimum absolute atomic E-state index is 0.946. The summed E-state index contributed by atoms with van der Waals surface area (Å²) in [6, 6.07) is 21.0. The first-order valence-electron chi connectivity index (χ1n) is 13.0. The molecule has 0 aliphatic carbocycles. The molecule has 0 N–H and O–H groups in total. The largest absolute Gasteiger partial charge is 0.151 e. The molecular weight excluding hydrogens is 585 g/mol. The van der Waals surface area contributed by atoms with Crippen LogP contribution < -0.4 is 0 Å². The molecule has 0 amide bonds. The first-order valence-corrected chi connectivity index (χ1v) is 16.8. The minimum Gasteiger partial charge on any atom is -0.151 e. The molecule has 7 aromatic rings. The SMILES string of the molecule is C(#Cc1ccc2c(C#Cc3ccsc3)c3cc(C#Cc4ccsc4)ccc3c(C#Cc3ccsc3)c2c1)c1ccsc1. The molecule has 4 heteroatoms. The van der Waals surface area contributed by atoms with Gasteiger partial charge in [-0.15, -0.1) is 0 Å². The van der Waals surface area contributed by atoms with Crippen LogP contribution in [0.3, 0.4) is 0 Å². The fourth-order valence-corrected chi connectivity index (χ4v) is 6.90. The Bertz CT molecular complexity index is 2120. The Morgan fingerprint density at radius 2 is 0.643 bits per heavy atom. The standard InChI is InChI=1S/C38H18S4/c1(3-29-13-17-39-23-29)27-5-9-33-36(12-8-32-16-20-42-26-32)38-22-28(2-4-30-14-18-40-24-30)6-10-34(38)35(37(33)21-27)11-7-31-15-19-41-25-31/h5-6,9-10,13-26H. The number of benzene rings is 3. The molecule has 0 nitrogen and oxygen atoms in total. The lowest BCUT2D eigenvalue weighted by Crippen LogP contribution is -1.93. The van der Waals surface area contributed by atoms with Gasteiger partial charge in [-0.1, -0.05) is 59.5 Å². The number of thiophene rings is 4. The van der Waals surface area contributed by atoms with Crippen LogP contribution in [0.5, 0.6) is 0 Å². The van der Waals surface area contributed by atoms with Gasteiger partial charge in [0.1, 0.15) is 0 Å². The van der Waals surface area contributed by atoms with Crippen LogP contribution >= 0.6 is 45.3 Å². The van der Waals surface area contributed by atoms with Gasteiger partial charge < -0.3 is 0 Å². The summed E-state index contributed by atoms with van der Waals surface area (Å²) >= 11 is 6.61. The predicted molar refractivity (Wildman–Crippen MR) is 183 cm³/mol. The van der Waals surface area contributed by atoms with Gasteiger partial charge in [0.2, 0.25) is 0 Å². The van der Waals surface area contributed by atoms with E-state index in [0.29, 0.717) is 0 Å². The monoisotopic (exact) mass is 602 g/mol. The van der Waals surface area contributed by atoms with Crippen LogP contribution in [0, 0.1) is 47.4 Å². The maximum atomic E-state index is 3.53. The van der Waals surface area contributed by atoms with Gasteiger partial charge >= 0.3 is 0 Å². The highest BCUT2D eigenvalue weighted by molar-refractivity contribution is 7.08. The molecule has 0 aliphatic rings. The van der Waals surface area contributed by atoms with Crippen LogP contribution in [0.4, 0.5) is 0 Å². The van der Waals surface area contributed by atoms with Crippen molar-refractivity contribution >= 4 is 66.9 Å². The molecule has 0 spiro atoms. The summed E-state index contributed by atoms with van der Waals surface area (Å²) in [4.78, 5) is 0. The van der Waals surface area contributed by atoms with E-state index in [0.717, 1.165) is 66.1 Å². The normalized spacial score (nSPS) is 10.1. The summed E-state index contributed by atoms with van der Waals surface area (Å²) in [5, 5.41) is 20.7. The van der Waals surface area contributed by atoms with Crippen LogP contribution in [0.1, 0.15) is 44.5 Å². The third-order valence-corrected chi connectivity index (χ3v) is 9.30. The van der Waals surface area contributed by atoms with E-state index in [1.165, 1.54) is 0 Å². The van der Waals surface area contributed by atoms with Gasteiger partial charge in [0.25, 0.3) is 0 Å². The van der Waals surface area contributed by atoms with Gasteiger partial charge in [0.15, 0.2) is 0 Å². The van der Waals surface area contributed by atoms with Crippen molar-refractivity contribution in [2.75, 3.05) is 0 Å². The van der Waals surface area contributed by atoms with Crippen molar-refractivity contribution in [1.82, 2.24) is 0 Å². The van der Waals surface area contributed by atoms with Crippen LogP contribution in [0.25, 0.3) is 21.5 Å². The van der Waals surface area contributed by atoms with E-state index >= 15 is 0 Å². The molecule has 194 valence electrons. The summed E-state index contributed by atoms with van der Waals surface area (Å²) < 4.78 is 0. The molecule has 7 rings (SSSR count). The Morgan fingerprint density at radius 1 is 0.310 bits per heavy atom. The second-order valence-corrected chi connectivity index (χ2v) is 12.4. The number of hydrogen-bond donors (Lipinski definition) is 0. The van der Waals surface area contributed by atoms with Gasteiger partial charge in [-0.25, -0.2) is 0 Å². The number of hydrogen-bond acceptors (Lipinski definition) is 4. The minimum atomic E-state index is 0.946. The lowest BCUT2D eigenvalue weighted by Gasteiger charge is -2.12. The topological polar surface area (TPSA) is 0 Å². The van der Waals surface area contributed by atoms with E-state index in [-0.39, 0.29) is 0 Å². The maximum absolute atomic E-state index is 3.53. The Hall–Kier alpha value is -4.78. The first-order chi connectivity index (χ1) is 20.8. The smallest absolute Gasteiger partial charge is 0.0407 e. The number of fused-ring (bicyclic) bond motifs is 2. The molecule has 0 unspecified atom stereocenters. The van der Waals surface area contributed by atoms with Crippen molar-refractivity contribution in [3.63, 3.8) is 0 Å². The zero-order valence-electron chi connectivity index (χ0n) is 22.0. The second-order valence-electron chi connectivity index (χ2n) is 9.32. The summed E-state index contributed by atoms with van der Waals surface area (Å²) in [6.45, 7) is 0. The lowest BCUT2D eigenvalue weighted by atomic mass is 9.90. The van der Waals surface area contributed by atoms with Gasteiger partial charge in [0, 0.05) is 76.8 Å². The van der Waals surface area contributed by atoms with Crippen molar-refractivity contribution < 1.29 is 0 Å². The van der Waals surface area contributed by atoms with E-state index in [9.17, 15) is 0 Å². The van der Waals surface area contributed by atoms with Gasteiger partial charge in [-0.3, -0.25) is 0 Å². The van der Waals surface area contributed by atoms with E-state index in [1.807, 2.05) is 22.9 Å². The van der Waals surface area contributed by atoms with Gasteiger partial charge in [0.05, 0.1) is 0 Å². The van der Waals surface area contributed by atoms with E-state index in [1.54, 1.807) is 45.3 Å². The molecule has 0 fully saturated rings. The Labute approximate surface area is 261 Å². The summed E-state index contributed by atoms with van der Waals surface area (Å²) in [5.41, 5.74) is 7.91. The van der Waals surface area contributed by atoms with Crippen LogP contribution in [-0.4, -0.2) is 0 Å². The van der Waals surface area contributed by atoms with Crippen LogP contribution in [0.15, 0.2) is 104 Å². The van der Waals surface area contributed by atoms with Crippen molar-refractivity contribution in [1.29, 1.82) is 0 Å². The van der Waals surface area contributed by atoms with E-state index < -0.39 is 0 Å². The summed E-state index contributed by atoms with van der Waals surface area (Å²) in [6.07, 6.45) is 0. The highest BCUT2D eigenvalue weighted by Crippen LogP contribution is 2.34. The third kappa shape index (κ3) is 5.68. The van der Waals surface area contributed by atoms with Crippen molar-refractivity contribution in [2.45, 2.75) is 0 Å². The van der Waals surface area contributed by atoms with Crippen molar-refractivity contribution in [3.8, 4) is 47.4 Å². The lowest BCUT2D eigenvalue weighted by molar-refractivity contribution is 1.65. The summed E-state index contributed by atoms with van der Waals surface area (Å²) in [5.74, 6) is 27.1. The van der Waals surface area contributed by atoms with Crippen molar-refractivity contribution in [2.24, 2.45) is 0 Å². The predicted octanol–water partition coefficient (Wildman–Crippen LogP) is 9.84. The number of rotatable bonds is 0. The Kier molecular flexibility index (Phi) is 7.46. The molecule has 0 bridgehead atoms. The molecule has 0 radical (unpaired) electrons. The fraction of sp³-hybridized carbons (Fsp3) is 0. The molecule has 4 aromatic heterocycles. The molecule has 0 atom stereocenters. The second kappa shape index (κ2) is 12.0. The first kappa shape index (κ1) is 26.1. The highest BCUT2D eigenvalue weighted by atomic mass is 32.1. The zero-order valence-corrected chi connectivity index (χ0v) is 25.3. The van der Waals surface area contributed by atoms with Crippen molar-refractivity contribution in [3.05, 3.63) is 148 Å². The third-order valence-electron chi connectivity index (χ3n) is 6.57. The molecule has 42 heavy (non-hydrogen) atoms. The summed E-state index contributed by atoms with van der Waals surface area (Å²) in [7, 11) is 0. The van der Waals surface area contributed by atoms with Crippen LogP contribution in [-0.2, 0) is 0 Å². The Balaban J connectivity index is 1.50. The van der Waals surface area contributed by atoms with E-state index in [2.05, 4.69) is 128 Å². The zero-order chi connectivity index (χ0) is 28.1. The molecule has 0 saturated heterocycles. The molecule has 0 saturated carbocycles. The average molecular weight is 603 g/mol. The fourth-order valence-electron chi connectivity index (χ4n) is 4.55. The molecule has 4 heterocycles. The molecule has 3 aromatic carbocycles. The van der Waals surface area contributed by atoms with E-state index in [4.69, 9.17) is 0 Å². The molecular formula is C38H18S4. The van der Waals surface area contributed by atoms with Gasteiger partial charge in [-0.2, -0.15) is 45.3 Å². The quantitative estimate of drug-likeness (QED) is 0.120. The average Bonchev–Trinajstić information content (AvgIpc) is 3.86. The Morgan fingerprint density at radius 3 is 0.976 bits per heavy atom. The van der Waals surface area contributed by atoms with Gasteiger partial charge in [-0.05, 0) is 80.8 Å². The highest BCUT2D eigenvalue weighted by Gasteiger charge is 2.13. The molecule has 0 aliphatic heterocycles. The maximum Gasteiger partial charge on any atom is 0.0407 e. The van der Waals surface area contributed by atoms with Crippen LogP contribution in [0.2, 0.25) is 0 Å².